The lowest BCUT2D eigenvalue weighted by molar-refractivity contribution is -0.158. The van der Waals surface area contributed by atoms with Crippen LogP contribution in [0.25, 0.3) is 0 Å². The van der Waals surface area contributed by atoms with Crippen LogP contribution in [0.4, 0.5) is 0 Å². The zero-order valence-corrected chi connectivity index (χ0v) is 10.5. The summed E-state index contributed by atoms with van der Waals surface area (Å²) >= 11 is 0. The molecule has 2 atom stereocenters. The van der Waals surface area contributed by atoms with Gasteiger partial charge < -0.3 is 4.74 Å². The number of carbonyl (C=O) groups excluding carboxylic acids is 1. The van der Waals surface area contributed by atoms with E-state index in [-0.39, 0.29) is 11.6 Å². The summed E-state index contributed by atoms with van der Waals surface area (Å²) in [6.07, 6.45) is 5.38. The van der Waals surface area contributed by atoms with E-state index in [1.807, 2.05) is 6.92 Å². The van der Waals surface area contributed by atoms with Gasteiger partial charge >= 0.3 is 5.97 Å². The van der Waals surface area contributed by atoms with Gasteiger partial charge in [0.1, 0.15) is 5.60 Å². The third-order valence-electron chi connectivity index (χ3n) is 3.01. The van der Waals surface area contributed by atoms with E-state index in [0.29, 0.717) is 5.92 Å². The maximum Gasteiger partial charge on any atom is 0.330 e. The number of hydrogen-bond donors (Lipinski definition) is 0. The molecule has 0 heterocycles. The van der Waals surface area contributed by atoms with E-state index in [0.717, 1.165) is 25.7 Å². The molecule has 0 aliphatic rings. The van der Waals surface area contributed by atoms with Crippen LogP contribution < -0.4 is 0 Å². The Balaban J connectivity index is 4.55. The van der Waals surface area contributed by atoms with E-state index in [2.05, 4.69) is 27.4 Å². The third-order valence-corrected chi connectivity index (χ3v) is 3.01. The van der Waals surface area contributed by atoms with Gasteiger partial charge in [0.15, 0.2) is 0 Å². The second-order valence-corrected chi connectivity index (χ2v) is 4.38. The Morgan fingerprint density at radius 3 is 2.47 bits per heavy atom. The van der Waals surface area contributed by atoms with Crippen LogP contribution in [0.15, 0.2) is 12.7 Å². The van der Waals surface area contributed by atoms with Crippen LogP contribution in [-0.4, -0.2) is 11.6 Å². The molecule has 0 rings (SSSR count). The van der Waals surface area contributed by atoms with E-state index in [4.69, 9.17) is 4.74 Å². The van der Waals surface area contributed by atoms with E-state index >= 15 is 0 Å². The number of esters is 1. The summed E-state index contributed by atoms with van der Waals surface area (Å²) in [6.45, 7) is 11.9. The summed E-state index contributed by atoms with van der Waals surface area (Å²) in [6, 6.07) is 0. The molecule has 88 valence electrons. The van der Waals surface area contributed by atoms with Crippen molar-refractivity contribution in [1.82, 2.24) is 0 Å². The Hall–Kier alpha value is -0.790. The van der Waals surface area contributed by atoms with E-state index < -0.39 is 0 Å². The van der Waals surface area contributed by atoms with Crippen molar-refractivity contribution in [2.75, 3.05) is 0 Å². The SMILES string of the molecule is C=CC(=O)OC(C)(CCC)C(C)CCC. The molecule has 0 bridgehead atoms. The Kier molecular flexibility index (Phi) is 6.30. The van der Waals surface area contributed by atoms with Crippen molar-refractivity contribution in [1.29, 1.82) is 0 Å². The van der Waals surface area contributed by atoms with Crippen molar-refractivity contribution < 1.29 is 9.53 Å². The molecule has 2 unspecified atom stereocenters. The maximum absolute atomic E-state index is 11.3. The highest BCUT2D eigenvalue weighted by Crippen LogP contribution is 2.30. The lowest BCUT2D eigenvalue weighted by Gasteiger charge is -2.35. The molecule has 0 N–H and O–H groups in total. The van der Waals surface area contributed by atoms with Crippen LogP contribution in [0.5, 0.6) is 0 Å². The van der Waals surface area contributed by atoms with Gasteiger partial charge in [0.25, 0.3) is 0 Å². The molecule has 0 aliphatic heterocycles. The van der Waals surface area contributed by atoms with Crippen molar-refractivity contribution in [3.05, 3.63) is 12.7 Å². The summed E-state index contributed by atoms with van der Waals surface area (Å²) in [5.41, 5.74) is -0.337. The fourth-order valence-electron chi connectivity index (χ4n) is 1.90. The van der Waals surface area contributed by atoms with Gasteiger partial charge in [0.05, 0.1) is 0 Å². The highest BCUT2D eigenvalue weighted by Gasteiger charge is 2.33. The fourth-order valence-corrected chi connectivity index (χ4v) is 1.90. The third kappa shape index (κ3) is 4.50. The van der Waals surface area contributed by atoms with Gasteiger partial charge in [-0.15, -0.1) is 0 Å². The molecular weight excluding hydrogens is 188 g/mol. The molecule has 0 saturated carbocycles. The molecule has 0 radical (unpaired) electrons. The minimum Gasteiger partial charge on any atom is -0.456 e. The second kappa shape index (κ2) is 6.65. The maximum atomic E-state index is 11.3. The molecule has 0 aromatic carbocycles. The van der Waals surface area contributed by atoms with E-state index in [9.17, 15) is 4.79 Å². The first-order valence-electron chi connectivity index (χ1n) is 5.85. The van der Waals surface area contributed by atoms with Crippen LogP contribution in [-0.2, 0) is 9.53 Å². The molecule has 2 heteroatoms. The zero-order chi connectivity index (χ0) is 11.9. The fraction of sp³-hybridized carbons (Fsp3) is 0.769. The predicted octanol–water partition coefficient (Wildman–Crippen LogP) is 3.71. The van der Waals surface area contributed by atoms with Gasteiger partial charge in [-0.1, -0.05) is 40.2 Å². The lowest BCUT2D eigenvalue weighted by Crippen LogP contribution is -2.38. The molecule has 15 heavy (non-hydrogen) atoms. The minimum absolute atomic E-state index is 0.311. The molecule has 2 nitrogen and oxygen atoms in total. The normalized spacial score (nSPS) is 16.5. The summed E-state index contributed by atoms with van der Waals surface area (Å²) in [7, 11) is 0. The first kappa shape index (κ1) is 14.2. The van der Waals surface area contributed by atoms with Gasteiger partial charge in [-0.3, -0.25) is 0 Å². The largest absolute Gasteiger partial charge is 0.456 e. The lowest BCUT2D eigenvalue weighted by atomic mass is 9.83. The molecule has 0 fully saturated rings. The van der Waals surface area contributed by atoms with E-state index in [1.54, 1.807) is 0 Å². The molecule has 0 aromatic heterocycles. The summed E-state index contributed by atoms with van der Waals surface area (Å²) in [5.74, 6) is 0.0836. The zero-order valence-electron chi connectivity index (χ0n) is 10.5. The van der Waals surface area contributed by atoms with Crippen LogP contribution >= 0.6 is 0 Å². The average Bonchev–Trinajstić information content (AvgIpc) is 2.18. The van der Waals surface area contributed by atoms with Gasteiger partial charge in [0.2, 0.25) is 0 Å². The minimum atomic E-state index is -0.337. The molecule has 0 aromatic rings. The van der Waals surface area contributed by atoms with Gasteiger partial charge in [-0.05, 0) is 25.7 Å². The topological polar surface area (TPSA) is 26.3 Å². The Morgan fingerprint density at radius 2 is 2.07 bits per heavy atom. The molecule has 0 saturated heterocycles. The van der Waals surface area contributed by atoms with Gasteiger partial charge in [-0.2, -0.15) is 0 Å². The van der Waals surface area contributed by atoms with Crippen molar-refractivity contribution in [2.45, 2.75) is 59.0 Å². The van der Waals surface area contributed by atoms with Crippen molar-refractivity contribution in [3.8, 4) is 0 Å². The number of carbonyl (C=O) groups is 1. The quantitative estimate of drug-likeness (QED) is 0.475. The van der Waals surface area contributed by atoms with Crippen LogP contribution in [0, 0.1) is 5.92 Å². The number of rotatable bonds is 7. The van der Waals surface area contributed by atoms with Crippen LogP contribution in [0.2, 0.25) is 0 Å². The molecule has 0 spiro atoms. The van der Waals surface area contributed by atoms with E-state index in [1.165, 1.54) is 6.08 Å². The van der Waals surface area contributed by atoms with Crippen LogP contribution in [0.1, 0.15) is 53.4 Å². The Morgan fingerprint density at radius 1 is 1.47 bits per heavy atom. The Labute approximate surface area is 93.7 Å². The Bertz CT molecular complexity index is 211. The molecular formula is C13H24O2. The average molecular weight is 212 g/mol. The summed E-state index contributed by atoms with van der Waals surface area (Å²) in [4.78, 5) is 11.3. The molecule has 0 aliphatic carbocycles. The number of ether oxygens (including phenoxy) is 1. The highest BCUT2D eigenvalue weighted by molar-refractivity contribution is 5.81. The first-order valence-corrected chi connectivity index (χ1v) is 5.85. The van der Waals surface area contributed by atoms with Crippen molar-refractivity contribution in [2.24, 2.45) is 5.92 Å². The van der Waals surface area contributed by atoms with Gasteiger partial charge in [0, 0.05) is 6.08 Å². The first-order chi connectivity index (χ1) is 7.00. The number of hydrogen-bond acceptors (Lipinski definition) is 2. The van der Waals surface area contributed by atoms with Gasteiger partial charge in [-0.25, -0.2) is 4.79 Å². The highest BCUT2D eigenvalue weighted by atomic mass is 16.6. The smallest absolute Gasteiger partial charge is 0.330 e. The molecule has 0 amide bonds. The predicted molar refractivity (Wildman–Crippen MR) is 63.7 cm³/mol. The van der Waals surface area contributed by atoms with Crippen molar-refractivity contribution in [3.63, 3.8) is 0 Å². The summed E-state index contributed by atoms with van der Waals surface area (Å²) in [5, 5.41) is 0. The summed E-state index contributed by atoms with van der Waals surface area (Å²) < 4.78 is 5.48. The second-order valence-electron chi connectivity index (χ2n) is 4.38. The van der Waals surface area contributed by atoms with Crippen molar-refractivity contribution >= 4 is 5.97 Å². The standard InChI is InChI=1S/C13H24O2/c1-6-9-11(4)13(5,10-7-2)15-12(14)8-3/h8,11H,3,6-7,9-10H2,1-2,4-5H3. The van der Waals surface area contributed by atoms with Crippen LogP contribution in [0.3, 0.4) is 0 Å². The monoisotopic (exact) mass is 212 g/mol.